The highest BCUT2D eigenvalue weighted by Gasteiger charge is 2.21. The van der Waals surface area contributed by atoms with Gasteiger partial charge in [0.25, 0.3) is 5.96 Å². The lowest BCUT2D eigenvalue weighted by molar-refractivity contribution is -0.0957. The third kappa shape index (κ3) is 2.61. The Balaban J connectivity index is 2.67. The molecule has 14 heavy (non-hydrogen) atoms. The summed E-state index contributed by atoms with van der Waals surface area (Å²) >= 11 is 0. The van der Waals surface area contributed by atoms with Crippen molar-refractivity contribution in [2.24, 2.45) is 16.0 Å². The number of hydroxylamine groups is 1. The Bertz CT molecular complexity index is 287. The number of rotatable bonds is 3. The quantitative estimate of drug-likeness (QED) is 0.537. The zero-order valence-electron chi connectivity index (χ0n) is 8.06. The Labute approximate surface area is 81.1 Å². The van der Waals surface area contributed by atoms with Crippen LogP contribution in [-0.2, 0) is 9.68 Å². The molecule has 0 saturated carbocycles. The molecule has 2 N–H and O–H groups in total. The molecule has 0 unspecified atom stereocenters. The maximum atomic E-state index is 10.6. The highest BCUT2D eigenvalue weighted by Crippen LogP contribution is 2.04. The Morgan fingerprint density at radius 3 is 3.07 bits per heavy atom. The van der Waals surface area contributed by atoms with Crippen molar-refractivity contribution in [1.82, 2.24) is 5.17 Å². The molecule has 0 spiro atoms. The summed E-state index contributed by atoms with van der Waals surface area (Å²) in [6.07, 6.45) is 0.791. The molecule has 0 bridgehead atoms. The zero-order valence-corrected chi connectivity index (χ0v) is 8.06. The normalized spacial score (nSPS) is 17.3. The van der Waals surface area contributed by atoms with Crippen LogP contribution in [0.25, 0.3) is 0 Å². The van der Waals surface area contributed by atoms with E-state index in [-0.39, 0.29) is 5.96 Å². The molecule has 0 amide bonds. The van der Waals surface area contributed by atoms with Crippen LogP contribution in [0.2, 0.25) is 0 Å². The Kier molecular flexibility index (Phi) is 3.27. The van der Waals surface area contributed by atoms with Crippen molar-refractivity contribution >= 4 is 17.8 Å². The molecule has 0 saturated heterocycles. The van der Waals surface area contributed by atoms with Crippen molar-refractivity contribution in [3.05, 3.63) is 0 Å². The third-order valence-electron chi connectivity index (χ3n) is 1.44. The van der Waals surface area contributed by atoms with E-state index < -0.39 is 6.16 Å². The molecule has 1 aliphatic rings. The summed E-state index contributed by atoms with van der Waals surface area (Å²) in [6, 6.07) is 0. The second-order valence-electron chi connectivity index (χ2n) is 2.74. The van der Waals surface area contributed by atoms with E-state index in [0.717, 1.165) is 23.7 Å². The fourth-order valence-corrected chi connectivity index (χ4v) is 0.891. The summed E-state index contributed by atoms with van der Waals surface area (Å²) in [5.74, 6) is -0.111. The highest BCUT2D eigenvalue weighted by molar-refractivity contribution is 5.85. The molecule has 78 valence electrons. The van der Waals surface area contributed by atoms with E-state index in [1.54, 1.807) is 6.92 Å². The molecule has 0 aromatic heterocycles. The fourth-order valence-electron chi connectivity index (χ4n) is 0.891. The lowest BCUT2D eigenvalue weighted by Crippen LogP contribution is -2.39. The number of nitrogens with zero attached hydrogens (tertiary/aromatic N) is 3. The summed E-state index contributed by atoms with van der Waals surface area (Å²) < 4.78 is 0. The monoisotopic (exact) mass is 200 g/mol. The van der Waals surface area contributed by atoms with Crippen molar-refractivity contribution in [2.75, 3.05) is 0 Å². The topological polar surface area (TPSA) is 89.5 Å². The van der Waals surface area contributed by atoms with Crippen LogP contribution in [-0.4, -0.2) is 23.0 Å². The maximum Gasteiger partial charge on any atom is 0.562 e. The van der Waals surface area contributed by atoms with Crippen LogP contribution in [0.1, 0.15) is 26.7 Å². The summed E-state index contributed by atoms with van der Waals surface area (Å²) in [5.41, 5.74) is 6.14. The van der Waals surface area contributed by atoms with Gasteiger partial charge >= 0.3 is 6.16 Å². The number of guanidine groups is 1. The molecule has 0 aromatic carbocycles. The number of hydrogen-bond acceptors (Lipinski definition) is 7. The van der Waals surface area contributed by atoms with Crippen LogP contribution in [0.4, 0.5) is 4.79 Å². The van der Waals surface area contributed by atoms with Gasteiger partial charge in [-0.2, -0.15) is 4.79 Å². The van der Waals surface area contributed by atoms with E-state index in [2.05, 4.69) is 19.9 Å². The largest absolute Gasteiger partial charge is 0.562 e. The Morgan fingerprint density at radius 1 is 1.71 bits per heavy atom. The van der Waals surface area contributed by atoms with Crippen molar-refractivity contribution in [3.63, 3.8) is 0 Å². The summed E-state index contributed by atoms with van der Waals surface area (Å²) in [7, 11) is 0. The van der Waals surface area contributed by atoms with E-state index >= 15 is 0 Å². The second-order valence-corrected chi connectivity index (χ2v) is 2.74. The molecular weight excluding hydrogens is 188 g/mol. The zero-order chi connectivity index (χ0) is 10.6. The molecule has 1 heterocycles. The van der Waals surface area contributed by atoms with E-state index in [1.165, 1.54) is 0 Å². The minimum atomic E-state index is -0.952. The minimum absolute atomic E-state index is 0.111. The maximum absolute atomic E-state index is 10.6. The van der Waals surface area contributed by atoms with Gasteiger partial charge in [0.2, 0.25) is 0 Å². The number of oxime groups is 1. The van der Waals surface area contributed by atoms with E-state index in [4.69, 9.17) is 5.73 Å². The summed E-state index contributed by atoms with van der Waals surface area (Å²) in [5, 5.41) is 8.02. The summed E-state index contributed by atoms with van der Waals surface area (Å²) in [4.78, 5) is 19.3. The van der Waals surface area contributed by atoms with E-state index in [9.17, 15) is 4.79 Å². The molecule has 7 nitrogen and oxygen atoms in total. The van der Waals surface area contributed by atoms with Crippen molar-refractivity contribution in [1.29, 1.82) is 0 Å². The van der Waals surface area contributed by atoms with Gasteiger partial charge in [-0.1, -0.05) is 13.3 Å². The predicted octanol–water partition coefficient (Wildman–Crippen LogP) is 0.776. The standard InChI is InChI=1S/C7H12N4O3/c1-3-4-5(2)9-11-6(8)10-13-7(12)14-11/h3-4H2,1-2H3,(H2,8,10)/b9-5+. The van der Waals surface area contributed by atoms with Gasteiger partial charge < -0.3 is 5.73 Å². The average Bonchev–Trinajstić information content (AvgIpc) is 2.12. The van der Waals surface area contributed by atoms with Crippen LogP contribution in [0.5, 0.6) is 0 Å². The van der Waals surface area contributed by atoms with Crippen molar-refractivity contribution in [3.8, 4) is 0 Å². The fraction of sp³-hybridized carbons (Fsp3) is 0.571. The molecule has 1 rings (SSSR count). The first-order valence-electron chi connectivity index (χ1n) is 4.20. The molecular formula is C7H12N4O3. The lowest BCUT2D eigenvalue weighted by Gasteiger charge is -2.18. The van der Waals surface area contributed by atoms with E-state index in [0.29, 0.717) is 0 Å². The lowest BCUT2D eigenvalue weighted by atomic mass is 10.2. The van der Waals surface area contributed by atoms with Crippen LogP contribution >= 0.6 is 0 Å². The van der Waals surface area contributed by atoms with Crippen LogP contribution in [0.15, 0.2) is 10.3 Å². The van der Waals surface area contributed by atoms with Crippen LogP contribution in [0.3, 0.4) is 0 Å². The van der Waals surface area contributed by atoms with Crippen LogP contribution in [0, 0.1) is 0 Å². The van der Waals surface area contributed by atoms with Gasteiger partial charge in [-0.3, -0.25) is 9.68 Å². The molecule has 0 atom stereocenters. The van der Waals surface area contributed by atoms with Gasteiger partial charge in [0.15, 0.2) is 0 Å². The molecule has 0 aliphatic carbocycles. The SMILES string of the molecule is CCC/C(C)=N/N1OC(=O)ON=C1N. The number of carbonyl (C=O) groups is 1. The molecule has 7 heteroatoms. The first kappa shape index (κ1) is 10.3. The third-order valence-corrected chi connectivity index (χ3v) is 1.44. The molecule has 1 aliphatic heterocycles. The average molecular weight is 200 g/mol. The van der Waals surface area contributed by atoms with Gasteiger partial charge in [0.05, 0.1) is 0 Å². The van der Waals surface area contributed by atoms with Crippen molar-refractivity contribution in [2.45, 2.75) is 26.7 Å². The molecule has 0 fully saturated rings. The first-order valence-corrected chi connectivity index (χ1v) is 4.20. The number of carbonyl (C=O) groups excluding carboxylic acids is 1. The Morgan fingerprint density at radius 2 is 2.43 bits per heavy atom. The van der Waals surface area contributed by atoms with E-state index in [1.807, 2.05) is 6.92 Å². The molecule has 0 aromatic rings. The van der Waals surface area contributed by atoms with Crippen molar-refractivity contribution < 1.29 is 14.5 Å². The number of hydrazone groups is 1. The van der Waals surface area contributed by atoms with Gasteiger partial charge in [-0.05, 0) is 23.7 Å². The Hall–Kier alpha value is -1.79. The predicted molar refractivity (Wildman–Crippen MR) is 49.0 cm³/mol. The smallest absolute Gasteiger partial charge is 0.363 e. The summed E-state index contributed by atoms with van der Waals surface area (Å²) in [6.45, 7) is 3.82. The van der Waals surface area contributed by atoms with Gasteiger partial charge in [-0.15, -0.1) is 5.10 Å². The number of hydrogen-bond donors (Lipinski definition) is 1. The van der Waals surface area contributed by atoms with Gasteiger partial charge in [0.1, 0.15) is 0 Å². The van der Waals surface area contributed by atoms with Crippen LogP contribution < -0.4 is 5.73 Å². The number of nitrogens with two attached hydrogens (primary N) is 1. The highest BCUT2D eigenvalue weighted by atomic mass is 16.9. The van der Waals surface area contributed by atoms with Gasteiger partial charge in [-0.25, -0.2) is 0 Å². The molecule has 0 radical (unpaired) electrons. The van der Waals surface area contributed by atoms with Gasteiger partial charge in [0, 0.05) is 5.71 Å². The first-order chi connectivity index (χ1) is 6.63. The second kappa shape index (κ2) is 4.45. The minimum Gasteiger partial charge on any atom is -0.363 e.